The number of hydrogen-bond donors (Lipinski definition) is 8. The number of fused-ring (bicyclic) bond motifs is 7. The van der Waals surface area contributed by atoms with Gasteiger partial charge in [0.25, 0.3) is 0 Å². The summed E-state index contributed by atoms with van der Waals surface area (Å²) in [6.07, 6.45) is -6.63. The van der Waals surface area contributed by atoms with Crippen molar-refractivity contribution in [3.8, 4) is 0 Å². The molecule has 0 radical (unpaired) electrons. The fourth-order valence-corrected chi connectivity index (χ4v) is 13.9. The Hall–Kier alpha value is -1.76. The van der Waals surface area contributed by atoms with Gasteiger partial charge < -0.3 is 64.5 Å². The van der Waals surface area contributed by atoms with Crippen LogP contribution in [0.3, 0.4) is 0 Å². The van der Waals surface area contributed by atoms with Gasteiger partial charge in [0, 0.05) is 0 Å². The maximum Gasteiger partial charge on any atom is 0.311 e. The lowest BCUT2D eigenvalue weighted by atomic mass is 9.33. The molecule has 19 atom stereocenters. The molecule has 0 aromatic carbocycles. The predicted octanol–water partition coefficient (Wildman–Crippen LogP) is 2.04. The third-order valence-electron chi connectivity index (χ3n) is 17.7. The number of carboxylic acid groups (broad SMARTS) is 1. The van der Waals surface area contributed by atoms with Crippen LogP contribution >= 0.6 is 0 Å². The molecule has 58 heavy (non-hydrogen) atoms. The molecule has 0 unspecified atom stereocenters. The molecule has 0 aromatic rings. The standard InChI is InChI=1S/C43H68O15/c1-38(2)25-10-13-42(6)26(9-8-21-22-18-39(3,37(53)54-7)14-16-43(22,36(51)52)17-15-41(21,42)5)40(25,4)12-11-27(38)57-35-32(50)33(29(47)24(20-45)56-35)58-34-31(49)30(48)28(46)23(19-44)55-34/h8,22-35,44-50H,9-20H2,1-7H3,(H,51,52)/t22-,23-,24-,25-,26+,27+,28+,29-,30+,31-,32-,33+,34+,35+,39+,40+,41-,42-,43+/m1/s1. The molecule has 15 heteroatoms. The molecule has 0 amide bonds. The Morgan fingerprint density at radius 2 is 1.36 bits per heavy atom. The van der Waals surface area contributed by atoms with E-state index in [-0.39, 0.29) is 40.0 Å². The van der Waals surface area contributed by atoms with Crippen LogP contribution in [0.15, 0.2) is 11.6 Å². The van der Waals surface area contributed by atoms with E-state index in [1.54, 1.807) is 0 Å². The molecule has 0 aromatic heterocycles. The van der Waals surface area contributed by atoms with E-state index in [2.05, 4.69) is 40.7 Å². The van der Waals surface area contributed by atoms with Gasteiger partial charge in [0.2, 0.25) is 0 Å². The lowest BCUT2D eigenvalue weighted by molar-refractivity contribution is -0.369. The van der Waals surface area contributed by atoms with E-state index in [1.165, 1.54) is 12.7 Å². The summed E-state index contributed by atoms with van der Waals surface area (Å²) in [5.41, 5.74) is -1.42. The molecule has 4 saturated carbocycles. The SMILES string of the molecule is COC(=O)[C@@]1(C)CC[C@]2(C(=O)O)CC[C@]3(C)C(=CC[C@H]4[C@@]5(C)CC[C@H](O[C@@H]6O[C@H](CO)[C@@H](O)[C@H](O[C@@H]7O[C@H](CO)[C@H](O)[C@H](O)[C@H]7O)[C@H]6O)C(C)(C)[C@H]5CC[C@]43C)[C@H]2C1. The number of carbonyl (C=O) groups is 2. The molecule has 7 aliphatic rings. The zero-order valence-electron chi connectivity index (χ0n) is 35.1. The average Bonchev–Trinajstić information content (AvgIpc) is 3.18. The highest BCUT2D eigenvalue weighted by molar-refractivity contribution is 5.80. The van der Waals surface area contributed by atoms with E-state index in [0.717, 1.165) is 32.1 Å². The van der Waals surface area contributed by atoms with Crippen LogP contribution in [0, 0.1) is 50.2 Å². The molecule has 5 aliphatic carbocycles. The molecule has 7 rings (SSSR count). The first-order chi connectivity index (χ1) is 27.1. The van der Waals surface area contributed by atoms with E-state index >= 15 is 0 Å². The molecular formula is C43H68O15. The minimum Gasteiger partial charge on any atom is -0.481 e. The maximum atomic E-state index is 13.2. The Kier molecular flexibility index (Phi) is 11.6. The van der Waals surface area contributed by atoms with Crippen molar-refractivity contribution in [3.05, 3.63) is 11.6 Å². The first-order valence-corrected chi connectivity index (χ1v) is 21.4. The van der Waals surface area contributed by atoms with Gasteiger partial charge in [0.05, 0.1) is 37.3 Å². The number of hydrogen-bond acceptors (Lipinski definition) is 14. The molecule has 0 bridgehead atoms. The van der Waals surface area contributed by atoms with Gasteiger partial charge in [-0.3, -0.25) is 9.59 Å². The van der Waals surface area contributed by atoms with Crippen molar-refractivity contribution < 1.29 is 74.1 Å². The summed E-state index contributed by atoms with van der Waals surface area (Å²) in [5, 5.41) is 84.5. The van der Waals surface area contributed by atoms with Gasteiger partial charge in [0.1, 0.15) is 48.8 Å². The fourth-order valence-electron chi connectivity index (χ4n) is 13.9. The Morgan fingerprint density at radius 3 is 1.98 bits per heavy atom. The van der Waals surface area contributed by atoms with Crippen molar-refractivity contribution in [2.75, 3.05) is 20.3 Å². The van der Waals surface area contributed by atoms with Crippen LogP contribution in [0.2, 0.25) is 0 Å². The molecule has 0 spiro atoms. The van der Waals surface area contributed by atoms with Gasteiger partial charge in [-0.25, -0.2) is 0 Å². The fraction of sp³-hybridized carbons (Fsp3) is 0.907. The van der Waals surface area contributed by atoms with Crippen molar-refractivity contribution in [2.45, 2.75) is 173 Å². The molecule has 2 heterocycles. The minimum absolute atomic E-state index is 0.125. The second kappa shape index (κ2) is 15.2. The number of ether oxygens (including phenoxy) is 5. The van der Waals surface area contributed by atoms with Crippen molar-refractivity contribution in [1.29, 1.82) is 0 Å². The summed E-state index contributed by atoms with van der Waals surface area (Å²) in [6.45, 7) is 12.1. The van der Waals surface area contributed by atoms with Crippen LogP contribution in [0.5, 0.6) is 0 Å². The van der Waals surface area contributed by atoms with Gasteiger partial charge in [-0.1, -0.05) is 46.3 Å². The summed E-state index contributed by atoms with van der Waals surface area (Å²) in [4.78, 5) is 26.3. The van der Waals surface area contributed by atoms with E-state index in [9.17, 15) is 50.4 Å². The van der Waals surface area contributed by atoms with Crippen molar-refractivity contribution in [3.63, 3.8) is 0 Å². The number of aliphatic hydroxyl groups excluding tert-OH is 7. The highest BCUT2D eigenvalue weighted by Gasteiger charge is 2.70. The summed E-state index contributed by atoms with van der Waals surface area (Å²) in [5.74, 6) is -0.839. The normalized spacial score (nSPS) is 52.6. The third-order valence-corrected chi connectivity index (χ3v) is 17.7. The van der Waals surface area contributed by atoms with Crippen LogP contribution in [-0.2, 0) is 33.3 Å². The molecular weight excluding hydrogens is 756 g/mol. The van der Waals surface area contributed by atoms with Gasteiger partial charge in [-0.15, -0.1) is 0 Å². The molecule has 6 fully saturated rings. The van der Waals surface area contributed by atoms with Crippen molar-refractivity contribution >= 4 is 11.9 Å². The monoisotopic (exact) mass is 824 g/mol. The Bertz CT molecular complexity index is 1600. The smallest absolute Gasteiger partial charge is 0.311 e. The number of esters is 1. The topological polar surface area (TPSA) is 242 Å². The summed E-state index contributed by atoms with van der Waals surface area (Å²) in [7, 11) is 1.41. The van der Waals surface area contributed by atoms with Crippen LogP contribution in [0.4, 0.5) is 0 Å². The van der Waals surface area contributed by atoms with Crippen LogP contribution < -0.4 is 0 Å². The van der Waals surface area contributed by atoms with Crippen LogP contribution in [-0.4, -0.2) is 141 Å². The van der Waals surface area contributed by atoms with Crippen LogP contribution in [0.25, 0.3) is 0 Å². The first-order valence-electron chi connectivity index (χ1n) is 21.4. The molecule has 2 saturated heterocycles. The van der Waals surface area contributed by atoms with E-state index in [4.69, 9.17) is 23.7 Å². The van der Waals surface area contributed by atoms with Gasteiger partial charge >= 0.3 is 11.9 Å². The quantitative estimate of drug-likeness (QED) is 0.0993. The number of aliphatic hydroxyl groups is 7. The number of carbonyl (C=O) groups excluding carboxylic acids is 1. The third kappa shape index (κ3) is 6.38. The number of carboxylic acids is 1. The molecule has 8 N–H and O–H groups in total. The van der Waals surface area contributed by atoms with E-state index in [1.807, 2.05) is 6.92 Å². The number of allylic oxidation sites excluding steroid dienone is 2. The summed E-state index contributed by atoms with van der Waals surface area (Å²) in [6, 6.07) is 0. The van der Waals surface area contributed by atoms with Crippen molar-refractivity contribution in [2.24, 2.45) is 50.2 Å². The predicted molar refractivity (Wildman–Crippen MR) is 204 cm³/mol. The second-order valence-corrected chi connectivity index (χ2v) is 20.6. The molecule has 2 aliphatic heterocycles. The zero-order valence-corrected chi connectivity index (χ0v) is 35.1. The Morgan fingerprint density at radius 1 is 0.741 bits per heavy atom. The van der Waals surface area contributed by atoms with E-state index in [0.29, 0.717) is 32.1 Å². The maximum absolute atomic E-state index is 13.2. The average molecular weight is 825 g/mol. The Labute approximate surface area is 341 Å². The van der Waals surface area contributed by atoms with Crippen molar-refractivity contribution in [1.82, 2.24) is 0 Å². The van der Waals surface area contributed by atoms with E-state index < -0.39 is 103 Å². The number of rotatable bonds is 8. The lowest BCUT2D eigenvalue weighted by Crippen LogP contribution is -2.67. The summed E-state index contributed by atoms with van der Waals surface area (Å²) < 4.78 is 29.2. The van der Waals surface area contributed by atoms with Gasteiger partial charge in [0.15, 0.2) is 12.6 Å². The van der Waals surface area contributed by atoms with Gasteiger partial charge in [-0.2, -0.15) is 0 Å². The Balaban J connectivity index is 1.12. The zero-order chi connectivity index (χ0) is 42.5. The number of methoxy groups -OCH3 is 1. The highest BCUT2D eigenvalue weighted by atomic mass is 16.7. The minimum atomic E-state index is -1.78. The van der Waals surface area contributed by atoms with Gasteiger partial charge in [-0.05, 0) is 111 Å². The largest absolute Gasteiger partial charge is 0.481 e. The molecule has 15 nitrogen and oxygen atoms in total. The first kappa shape index (κ1) is 44.3. The lowest BCUT2D eigenvalue weighted by Gasteiger charge is -2.71. The number of aliphatic carboxylic acids is 1. The van der Waals surface area contributed by atoms with Crippen LogP contribution in [0.1, 0.15) is 106 Å². The summed E-state index contributed by atoms with van der Waals surface area (Å²) >= 11 is 0. The molecule has 330 valence electrons. The highest BCUT2D eigenvalue weighted by Crippen LogP contribution is 2.76. The second-order valence-electron chi connectivity index (χ2n) is 20.6.